The van der Waals surface area contributed by atoms with Gasteiger partial charge in [-0.25, -0.2) is 8.42 Å². The molecule has 4 nitrogen and oxygen atoms in total. The fraction of sp³-hybridized carbons (Fsp3) is 0.889. The predicted octanol–water partition coefficient (Wildman–Crippen LogP) is 0.656. The summed E-state index contributed by atoms with van der Waals surface area (Å²) in [4.78, 5) is 0. The molecule has 0 saturated heterocycles. The van der Waals surface area contributed by atoms with E-state index in [9.17, 15) is 8.42 Å². The Bertz CT molecular complexity index is 296. The monoisotopic (exact) mass is 250 g/mol. The lowest BCUT2D eigenvalue weighted by Gasteiger charge is -2.08. The van der Waals surface area contributed by atoms with Gasteiger partial charge in [0.1, 0.15) is 9.84 Å². The molecule has 1 N–H and O–H groups in total. The summed E-state index contributed by atoms with van der Waals surface area (Å²) in [7, 11) is -2.84. The standard InChI is InChI=1S/C9H18N2O2S2/c1-3-11-9(8-10)4-5-14-6-7-15(2,12)13/h9,11H,3-7H2,1-2H3. The average Bonchev–Trinajstić information content (AvgIpc) is 2.14. The number of hydrogen-bond donors (Lipinski definition) is 1. The van der Waals surface area contributed by atoms with Gasteiger partial charge in [0.25, 0.3) is 0 Å². The minimum Gasteiger partial charge on any atom is -0.302 e. The number of nitriles is 1. The first-order chi connectivity index (χ1) is 6.99. The molecule has 6 heteroatoms. The van der Waals surface area contributed by atoms with E-state index < -0.39 is 9.84 Å². The van der Waals surface area contributed by atoms with Crippen LogP contribution in [0.15, 0.2) is 0 Å². The van der Waals surface area contributed by atoms with E-state index in [2.05, 4.69) is 11.4 Å². The van der Waals surface area contributed by atoms with E-state index in [0.717, 1.165) is 18.7 Å². The summed E-state index contributed by atoms with van der Waals surface area (Å²) in [6, 6.07) is 2.06. The van der Waals surface area contributed by atoms with Gasteiger partial charge in [0, 0.05) is 12.0 Å². The summed E-state index contributed by atoms with van der Waals surface area (Å²) in [6.45, 7) is 2.74. The quantitative estimate of drug-likeness (QED) is 0.641. The molecule has 0 heterocycles. The average molecular weight is 250 g/mol. The number of hydrogen-bond acceptors (Lipinski definition) is 5. The molecule has 0 bridgehead atoms. The van der Waals surface area contributed by atoms with E-state index >= 15 is 0 Å². The topological polar surface area (TPSA) is 70.0 Å². The minimum absolute atomic E-state index is 0.110. The number of nitrogens with one attached hydrogen (secondary N) is 1. The maximum Gasteiger partial charge on any atom is 0.148 e. The SMILES string of the molecule is CCNC(C#N)CCSCCS(C)(=O)=O. The molecule has 1 unspecified atom stereocenters. The Balaban J connectivity index is 3.50. The van der Waals surface area contributed by atoms with Gasteiger partial charge in [-0.3, -0.25) is 0 Å². The minimum atomic E-state index is -2.84. The predicted molar refractivity (Wildman–Crippen MR) is 64.7 cm³/mol. The molecule has 0 aromatic carbocycles. The summed E-state index contributed by atoms with van der Waals surface area (Å²) in [5.41, 5.74) is 0. The van der Waals surface area contributed by atoms with Gasteiger partial charge in [-0.1, -0.05) is 6.92 Å². The Labute approximate surface area is 96.3 Å². The smallest absolute Gasteiger partial charge is 0.148 e. The van der Waals surface area contributed by atoms with Crippen molar-refractivity contribution in [2.45, 2.75) is 19.4 Å². The van der Waals surface area contributed by atoms with Crippen LogP contribution in [0.5, 0.6) is 0 Å². The van der Waals surface area contributed by atoms with Crippen LogP contribution in [0.3, 0.4) is 0 Å². The summed E-state index contributed by atoms with van der Waals surface area (Å²) in [5, 5.41) is 11.8. The van der Waals surface area contributed by atoms with E-state index in [4.69, 9.17) is 5.26 Å². The summed E-state index contributed by atoms with van der Waals surface area (Å²) >= 11 is 1.58. The third-order valence-corrected chi connectivity index (χ3v) is 3.98. The maximum atomic E-state index is 10.8. The molecule has 0 saturated carbocycles. The molecular weight excluding hydrogens is 232 g/mol. The van der Waals surface area contributed by atoms with Crippen LogP contribution in [-0.2, 0) is 9.84 Å². The Morgan fingerprint density at radius 2 is 2.13 bits per heavy atom. The molecule has 0 fully saturated rings. The van der Waals surface area contributed by atoms with Crippen LogP contribution in [0.25, 0.3) is 0 Å². The molecule has 0 spiro atoms. The van der Waals surface area contributed by atoms with E-state index in [1.54, 1.807) is 11.8 Å². The highest BCUT2D eigenvalue weighted by atomic mass is 32.2. The van der Waals surface area contributed by atoms with Crippen LogP contribution in [0.1, 0.15) is 13.3 Å². The zero-order valence-electron chi connectivity index (χ0n) is 9.19. The lowest BCUT2D eigenvalue weighted by Crippen LogP contribution is -2.27. The van der Waals surface area contributed by atoms with Crippen molar-refractivity contribution in [3.63, 3.8) is 0 Å². The van der Waals surface area contributed by atoms with Gasteiger partial charge in [-0.2, -0.15) is 17.0 Å². The molecule has 15 heavy (non-hydrogen) atoms. The Morgan fingerprint density at radius 1 is 1.47 bits per heavy atom. The zero-order chi connectivity index (χ0) is 11.7. The summed E-state index contributed by atoms with van der Waals surface area (Å²) in [6.07, 6.45) is 2.00. The zero-order valence-corrected chi connectivity index (χ0v) is 10.8. The molecular formula is C9H18N2O2S2. The van der Waals surface area contributed by atoms with Crippen LogP contribution in [-0.4, -0.2) is 44.5 Å². The normalized spacial score (nSPS) is 13.4. The van der Waals surface area contributed by atoms with Crippen LogP contribution in [0, 0.1) is 11.3 Å². The fourth-order valence-corrected chi connectivity index (χ4v) is 3.26. The van der Waals surface area contributed by atoms with Crippen molar-refractivity contribution >= 4 is 21.6 Å². The van der Waals surface area contributed by atoms with Crippen molar-refractivity contribution in [1.29, 1.82) is 5.26 Å². The first-order valence-electron chi connectivity index (χ1n) is 4.88. The van der Waals surface area contributed by atoms with Gasteiger partial charge in [0.2, 0.25) is 0 Å². The molecule has 88 valence electrons. The molecule has 1 atom stereocenters. The number of nitrogens with zero attached hydrogens (tertiary/aromatic N) is 1. The summed E-state index contributed by atoms with van der Waals surface area (Å²) in [5.74, 6) is 1.65. The second-order valence-corrected chi connectivity index (χ2v) is 6.75. The van der Waals surface area contributed by atoms with Crippen LogP contribution < -0.4 is 5.32 Å². The third-order valence-electron chi connectivity index (χ3n) is 1.76. The van der Waals surface area contributed by atoms with Crippen molar-refractivity contribution in [3.8, 4) is 6.07 Å². The second-order valence-electron chi connectivity index (χ2n) is 3.27. The van der Waals surface area contributed by atoms with E-state index in [1.807, 2.05) is 6.92 Å². The number of sulfone groups is 1. The molecule has 0 aliphatic rings. The Kier molecular flexibility index (Phi) is 7.83. The van der Waals surface area contributed by atoms with Gasteiger partial charge in [-0.15, -0.1) is 0 Å². The highest BCUT2D eigenvalue weighted by molar-refractivity contribution is 8.00. The van der Waals surface area contributed by atoms with Crippen molar-refractivity contribution in [2.75, 3.05) is 30.1 Å². The van der Waals surface area contributed by atoms with Crippen molar-refractivity contribution in [2.24, 2.45) is 0 Å². The van der Waals surface area contributed by atoms with Gasteiger partial charge in [-0.05, 0) is 18.7 Å². The largest absolute Gasteiger partial charge is 0.302 e. The highest BCUT2D eigenvalue weighted by Gasteiger charge is 2.05. The van der Waals surface area contributed by atoms with Gasteiger partial charge < -0.3 is 5.32 Å². The van der Waals surface area contributed by atoms with Gasteiger partial charge in [0.15, 0.2) is 0 Å². The molecule has 0 radical (unpaired) electrons. The first kappa shape index (κ1) is 14.8. The van der Waals surface area contributed by atoms with Crippen molar-refractivity contribution < 1.29 is 8.42 Å². The molecule has 0 aromatic heterocycles. The molecule has 0 rings (SSSR count). The third kappa shape index (κ3) is 10.0. The summed E-state index contributed by atoms with van der Waals surface area (Å²) < 4.78 is 21.6. The van der Waals surface area contributed by atoms with Crippen LogP contribution in [0.4, 0.5) is 0 Å². The van der Waals surface area contributed by atoms with Gasteiger partial charge >= 0.3 is 0 Å². The Hall–Kier alpha value is -0.250. The molecule has 0 aliphatic heterocycles. The number of rotatable bonds is 8. The molecule has 0 aliphatic carbocycles. The second kappa shape index (κ2) is 7.97. The first-order valence-corrected chi connectivity index (χ1v) is 8.09. The lowest BCUT2D eigenvalue weighted by atomic mass is 10.2. The highest BCUT2D eigenvalue weighted by Crippen LogP contribution is 2.05. The van der Waals surface area contributed by atoms with E-state index in [-0.39, 0.29) is 11.8 Å². The maximum absolute atomic E-state index is 10.8. The van der Waals surface area contributed by atoms with E-state index in [1.165, 1.54) is 6.26 Å². The lowest BCUT2D eigenvalue weighted by molar-refractivity contribution is 0.603. The van der Waals surface area contributed by atoms with Crippen LogP contribution >= 0.6 is 11.8 Å². The van der Waals surface area contributed by atoms with Crippen LogP contribution in [0.2, 0.25) is 0 Å². The van der Waals surface area contributed by atoms with Gasteiger partial charge in [0.05, 0.1) is 17.9 Å². The molecule has 0 amide bonds. The van der Waals surface area contributed by atoms with E-state index in [0.29, 0.717) is 5.75 Å². The fourth-order valence-electron chi connectivity index (χ4n) is 0.972. The Morgan fingerprint density at radius 3 is 2.60 bits per heavy atom. The molecule has 0 aromatic rings. The van der Waals surface area contributed by atoms with Crippen molar-refractivity contribution in [3.05, 3.63) is 0 Å². The number of thioether (sulfide) groups is 1. The van der Waals surface area contributed by atoms with Crippen molar-refractivity contribution in [1.82, 2.24) is 5.32 Å².